The van der Waals surface area contributed by atoms with Gasteiger partial charge < -0.3 is 10.1 Å². The van der Waals surface area contributed by atoms with Crippen molar-refractivity contribution in [2.75, 3.05) is 0 Å². The molecule has 1 amide bonds. The highest BCUT2D eigenvalue weighted by molar-refractivity contribution is 5.70. The molecule has 8 heteroatoms. The van der Waals surface area contributed by atoms with Crippen molar-refractivity contribution in [2.45, 2.75) is 51.7 Å². The van der Waals surface area contributed by atoms with Gasteiger partial charge in [-0.05, 0) is 52.2 Å². The van der Waals surface area contributed by atoms with Crippen LogP contribution in [0.15, 0.2) is 36.0 Å². The van der Waals surface area contributed by atoms with Crippen molar-refractivity contribution in [2.24, 2.45) is 0 Å². The molecule has 1 unspecified atom stereocenters. The van der Waals surface area contributed by atoms with Crippen LogP contribution in [-0.2, 0) is 4.84 Å². The molecule has 0 fully saturated rings. The molecule has 2 N–H and O–H groups in total. The summed E-state index contributed by atoms with van der Waals surface area (Å²) >= 11 is 0. The minimum Gasteiger partial charge on any atom is -0.410 e. The first-order valence-corrected chi connectivity index (χ1v) is 8.09. The molecule has 136 valence electrons. The number of benzene rings is 1. The maximum Gasteiger partial charge on any atom is 0.412 e. The van der Waals surface area contributed by atoms with E-state index in [9.17, 15) is 14.9 Å². The number of nitrogens with one attached hydrogen (secondary N) is 2. The summed E-state index contributed by atoms with van der Waals surface area (Å²) in [6, 6.07) is 5.35. The number of ether oxygens (including phenoxy) is 1. The third-order valence-corrected chi connectivity index (χ3v) is 3.48. The Kier molecular flexibility index (Phi) is 5.97. The number of nitro benzene ring substituents is 1. The lowest BCUT2D eigenvalue weighted by Gasteiger charge is -2.26. The maximum atomic E-state index is 11.9. The van der Waals surface area contributed by atoms with Crippen LogP contribution < -0.4 is 15.5 Å². The van der Waals surface area contributed by atoms with Gasteiger partial charge in [-0.1, -0.05) is 6.08 Å². The van der Waals surface area contributed by atoms with Crippen molar-refractivity contribution < 1.29 is 19.3 Å². The molecule has 25 heavy (non-hydrogen) atoms. The summed E-state index contributed by atoms with van der Waals surface area (Å²) in [5.41, 5.74) is 3.62. The number of hydrogen-bond donors (Lipinski definition) is 2. The monoisotopic (exact) mass is 349 g/mol. The number of carbonyl (C=O) groups excluding carboxylic acids is 1. The van der Waals surface area contributed by atoms with E-state index in [0.717, 1.165) is 18.5 Å². The third-order valence-electron chi connectivity index (χ3n) is 3.48. The second-order valence-corrected chi connectivity index (χ2v) is 6.80. The van der Waals surface area contributed by atoms with Crippen LogP contribution in [0.5, 0.6) is 5.75 Å². The fourth-order valence-corrected chi connectivity index (χ4v) is 2.22. The zero-order valence-corrected chi connectivity index (χ0v) is 14.6. The van der Waals surface area contributed by atoms with Crippen LogP contribution in [0, 0.1) is 10.1 Å². The van der Waals surface area contributed by atoms with E-state index < -0.39 is 11.0 Å². The number of allylic oxidation sites excluding steroid dienone is 1. The molecule has 0 aromatic heterocycles. The molecular weight excluding hydrogens is 326 g/mol. The number of non-ortho nitro benzene ring substituents is 1. The predicted octanol–water partition coefficient (Wildman–Crippen LogP) is 3.44. The van der Waals surface area contributed by atoms with Crippen LogP contribution in [0.1, 0.15) is 40.0 Å². The smallest absolute Gasteiger partial charge is 0.410 e. The first-order valence-electron chi connectivity index (χ1n) is 8.09. The van der Waals surface area contributed by atoms with Gasteiger partial charge in [0.05, 0.1) is 10.5 Å². The number of nitrogens with zero attached hydrogens (tertiary/aromatic N) is 1. The Bertz CT molecular complexity index is 649. The van der Waals surface area contributed by atoms with Crippen LogP contribution in [0.3, 0.4) is 0 Å². The fourth-order valence-electron chi connectivity index (χ4n) is 2.22. The number of amides is 1. The van der Waals surface area contributed by atoms with Crippen molar-refractivity contribution >= 4 is 11.8 Å². The van der Waals surface area contributed by atoms with E-state index in [1.54, 1.807) is 0 Å². The summed E-state index contributed by atoms with van der Waals surface area (Å²) in [6.07, 6.45) is 3.62. The Morgan fingerprint density at radius 3 is 2.48 bits per heavy atom. The molecule has 1 aromatic carbocycles. The topological polar surface area (TPSA) is 103 Å². The van der Waals surface area contributed by atoms with Gasteiger partial charge in [0.1, 0.15) is 5.75 Å². The van der Waals surface area contributed by atoms with Gasteiger partial charge in [0.25, 0.3) is 5.69 Å². The number of hydroxylamine groups is 1. The van der Waals surface area contributed by atoms with Crippen LogP contribution in [-0.4, -0.2) is 22.7 Å². The average molecular weight is 349 g/mol. The quantitative estimate of drug-likeness (QED) is 0.623. The Morgan fingerprint density at radius 1 is 1.28 bits per heavy atom. The van der Waals surface area contributed by atoms with Gasteiger partial charge in [0, 0.05) is 23.9 Å². The Balaban J connectivity index is 1.78. The van der Waals surface area contributed by atoms with Gasteiger partial charge in [-0.15, -0.1) is 0 Å². The lowest BCUT2D eigenvalue weighted by molar-refractivity contribution is -0.384. The minimum absolute atomic E-state index is 0.0225. The second kappa shape index (κ2) is 7.98. The molecule has 0 saturated carbocycles. The summed E-state index contributed by atoms with van der Waals surface area (Å²) in [6.45, 7) is 5.88. The summed E-state index contributed by atoms with van der Waals surface area (Å²) in [7, 11) is 0. The minimum atomic E-state index is -0.574. The van der Waals surface area contributed by atoms with Crippen molar-refractivity contribution in [1.82, 2.24) is 10.8 Å². The van der Waals surface area contributed by atoms with Crippen molar-refractivity contribution in [3.63, 3.8) is 0 Å². The molecule has 0 saturated heterocycles. The standard InChI is InChI=1S/C17H23N3O5/c1-17(2,3)25-19-13-6-4-12(5-7-13)18-16(21)24-15-10-8-14(9-11-15)20(22)23/h6,8-12,19H,4-5,7H2,1-3H3,(H,18,21). The predicted molar refractivity (Wildman–Crippen MR) is 92.0 cm³/mol. The maximum absolute atomic E-state index is 11.9. The van der Waals surface area contributed by atoms with Crippen LogP contribution >= 0.6 is 0 Å². The average Bonchev–Trinajstić information content (AvgIpc) is 2.54. The molecule has 1 aromatic rings. The molecule has 0 radical (unpaired) electrons. The van der Waals surface area contributed by atoms with E-state index in [4.69, 9.17) is 9.57 Å². The van der Waals surface area contributed by atoms with Gasteiger partial charge >= 0.3 is 6.09 Å². The van der Waals surface area contributed by atoms with Crippen LogP contribution in [0.2, 0.25) is 0 Å². The molecule has 0 spiro atoms. The molecule has 0 aliphatic heterocycles. The summed E-state index contributed by atoms with van der Waals surface area (Å²) in [4.78, 5) is 27.5. The van der Waals surface area contributed by atoms with Gasteiger partial charge in [-0.25, -0.2) is 4.79 Å². The van der Waals surface area contributed by atoms with Crippen LogP contribution in [0.25, 0.3) is 0 Å². The largest absolute Gasteiger partial charge is 0.412 e. The molecule has 1 aliphatic rings. The highest BCUT2D eigenvalue weighted by Crippen LogP contribution is 2.19. The molecule has 0 bridgehead atoms. The zero-order chi connectivity index (χ0) is 18.4. The van der Waals surface area contributed by atoms with E-state index in [-0.39, 0.29) is 23.1 Å². The normalized spacial score (nSPS) is 17.4. The SMILES string of the molecule is CC(C)(C)ONC1=CCC(NC(=O)Oc2ccc([N+](=O)[O-])cc2)CC1. The van der Waals surface area contributed by atoms with Crippen LogP contribution in [0.4, 0.5) is 10.5 Å². The van der Waals surface area contributed by atoms with Gasteiger partial charge in [0.15, 0.2) is 0 Å². The van der Waals surface area contributed by atoms with Gasteiger partial charge in [0.2, 0.25) is 0 Å². The molecule has 8 nitrogen and oxygen atoms in total. The third kappa shape index (κ3) is 6.42. The summed E-state index contributed by atoms with van der Waals surface area (Å²) in [5, 5.41) is 13.4. The lowest BCUT2D eigenvalue weighted by Crippen LogP contribution is -2.39. The van der Waals surface area contributed by atoms with Crippen molar-refractivity contribution in [3.8, 4) is 5.75 Å². The Morgan fingerprint density at radius 2 is 1.96 bits per heavy atom. The highest BCUT2D eigenvalue weighted by Gasteiger charge is 2.19. The fraction of sp³-hybridized carbons (Fsp3) is 0.471. The van der Waals surface area contributed by atoms with Crippen molar-refractivity contribution in [3.05, 3.63) is 46.2 Å². The number of rotatable bonds is 5. The van der Waals surface area contributed by atoms with E-state index >= 15 is 0 Å². The lowest BCUT2D eigenvalue weighted by atomic mass is 10.00. The van der Waals surface area contributed by atoms with E-state index in [1.807, 2.05) is 26.8 Å². The summed E-state index contributed by atoms with van der Waals surface area (Å²) < 4.78 is 5.14. The second-order valence-electron chi connectivity index (χ2n) is 6.80. The molecule has 1 aliphatic carbocycles. The Labute approximate surface area is 146 Å². The van der Waals surface area contributed by atoms with E-state index in [2.05, 4.69) is 10.8 Å². The first-order chi connectivity index (χ1) is 11.7. The number of carbonyl (C=O) groups is 1. The van der Waals surface area contributed by atoms with E-state index in [1.165, 1.54) is 24.3 Å². The molecule has 2 rings (SSSR count). The number of hydrogen-bond acceptors (Lipinski definition) is 6. The van der Waals surface area contributed by atoms with Gasteiger partial charge in [-0.2, -0.15) is 0 Å². The number of nitro groups is 1. The first kappa shape index (κ1) is 18.7. The van der Waals surface area contributed by atoms with Crippen molar-refractivity contribution in [1.29, 1.82) is 0 Å². The zero-order valence-electron chi connectivity index (χ0n) is 14.6. The summed E-state index contributed by atoms with van der Waals surface area (Å²) in [5.74, 6) is 0.260. The molecular formula is C17H23N3O5. The molecule has 1 atom stereocenters. The molecule has 0 heterocycles. The Hall–Kier alpha value is -2.61. The highest BCUT2D eigenvalue weighted by atomic mass is 16.7. The van der Waals surface area contributed by atoms with Gasteiger partial charge in [-0.3, -0.25) is 20.4 Å². The van der Waals surface area contributed by atoms with E-state index in [0.29, 0.717) is 6.42 Å².